The summed E-state index contributed by atoms with van der Waals surface area (Å²) in [6.07, 6.45) is 2.61. The third-order valence-corrected chi connectivity index (χ3v) is 8.15. The number of aromatic nitrogens is 4. The predicted molar refractivity (Wildman–Crippen MR) is 145 cm³/mol. The molecule has 1 atom stereocenters. The maximum atomic E-state index is 13.2. The molecule has 3 aromatic heterocycles. The van der Waals surface area contributed by atoms with Crippen molar-refractivity contribution in [1.29, 1.82) is 0 Å². The lowest BCUT2D eigenvalue weighted by molar-refractivity contribution is -0.702. The van der Waals surface area contributed by atoms with Crippen molar-refractivity contribution < 1.29 is 30.1 Å². The molecule has 214 valence electrons. The van der Waals surface area contributed by atoms with E-state index in [1.54, 1.807) is 0 Å². The molecule has 2 aliphatic rings. The van der Waals surface area contributed by atoms with Gasteiger partial charge in [-0.1, -0.05) is 23.2 Å². The van der Waals surface area contributed by atoms with Crippen molar-refractivity contribution in [3.63, 3.8) is 0 Å². The van der Waals surface area contributed by atoms with Crippen LogP contribution in [0.3, 0.4) is 0 Å². The number of fused-ring (bicyclic) bond motifs is 3. The van der Waals surface area contributed by atoms with Gasteiger partial charge in [-0.25, -0.2) is 14.1 Å². The molecule has 3 N–H and O–H groups in total. The number of imidazole rings is 1. The molecule has 0 aliphatic carbocycles. The van der Waals surface area contributed by atoms with Gasteiger partial charge in [0, 0.05) is 60.3 Å². The van der Waals surface area contributed by atoms with Crippen LogP contribution in [-0.4, -0.2) is 52.2 Å². The molecule has 2 aliphatic heterocycles. The minimum atomic E-state index is -4.61. The molecule has 1 unspecified atom stereocenters. The zero-order valence-corrected chi connectivity index (χ0v) is 23.8. The van der Waals surface area contributed by atoms with Gasteiger partial charge < -0.3 is 28.0 Å². The third-order valence-electron chi connectivity index (χ3n) is 7.61. The van der Waals surface area contributed by atoms with Gasteiger partial charge in [0.2, 0.25) is 6.33 Å². The summed E-state index contributed by atoms with van der Waals surface area (Å²) < 4.78 is 44.2. The van der Waals surface area contributed by atoms with Crippen LogP contribution in [0.2, 0.25) is 10.0 Å². The summed E-state index contributed by atoms with van der Waals surface area (Å²) in [5.41, 5.74) is 2.41. The fourth-order valence-electron chi connectivity index (χ4n) is 5.56. The largest absolute Gasteiger partial charge is 1.00 e. The van der Waals surface area contributed by atoms with Crippen LogP contribution >= 0.6 is 23.2 Å². The summed E-state index contributed by atoms with van der Waals surface area (Å²) in [6.45, 7) is 5.70. The van der Waals surface area contributed by atoms with Crippen molar-refractivity contribution in [3.05, 3.63) is 76.0 Å². The Morgan fingerprint density at radius 1 is 1.15 bits per heavy atom. The number of nitrogens with zero attached hydrogens (tertiary/aromatic N) is 4. The third kappa shape index (κ3) is 6.06. The van der Waals surface area contributed by atoms with Crippen LogP contribution in [0.4, 0.5) is 19.0 Å². The predicted octanol–water partition coefficient (Wildman–Crippen LogP) is 1.91. The van der Waals surface area contributed by atoms with Crippen LogP contribution < -0.4 is 27.6 Å². The number of pyridine rings is 1. The van der Waals surface area contributed by atoms with E-state index in [2.05, 4.69) is 53.4 Å². The zero-order valence-electron chi connectivity index (χ0n) is 21.5. The van der Waals surface area contributed by atoms with Gasteiger partial charge in [-0.3, -0.25) is 4.90 Å². The summed E-state index contributed by atoms with van der Waals surface area (Å²) in [4.78, 5) is 9.71. The van der Waals surface area contributed by atoms with Crippen molar-refractivity contribution in [2.75, 3.05) is 38.0 Å². The minimum Gasteiger partial charge on any atom is -1.00 e. The highest BCUT2D eigenvalue weighted by atomic mass is 35.5. The molecular formula is C27H29Cl3F3N7. The molecule has 1 aromatic carbocycles. The summed E-state index contributed by atoms with van der Waals surface area (Å²) in [5, 5.41) is 7.82. The van der Waals surface area contributed by atoms with Crippen molar-refractivity contribution in [3.8, 4) is 0 Å². The van der Waals surface area contributed by atoms with E-state index in [0.29, 0.717) is 24.0 Å². The van der Waals surface area contributed by atoms with E-state index in [-0.39, 0.29) is 24.3 Å². The number of hydrogen-bond donors (Lipinski definition) is 3. The Balaban J connectivity index is 0.00000323. The van der Waals surface area contributed by atoms with E-state index < -0.39 is 16.9 Å². The monoisotopic (exact) mass is 613 g/mol. The van der Waals surface area contributed by atoms with Gasteiger partial charge >= 0.3 is 6.18 Å². The number of aromatic amines is 1. The van der Waals surface area contributed by atoms with Crippen LogP contribution in [-0.2, 0) is 25.7 Å². The van der Waals surface area contributed by atoms with Crippen LogP contribution in [0.15, 0.2) is 49.1 Å². The Morgan fingerprint density at radius 3 is 2.73 bits per heavy atom. The molecule has 6 rings (SSSR count). The summed E-state index contributed by atoms with van der Waals surface area (Å²) >= 11 is 12.0. The molecule has 4 aromatic rings. The van der Waals surface area contributed by atoms with Crippen molar-refractivity contribution in [2.45, 2.75) is 31.7 Å². The van der Waals surface area contributed by atoms with Gasteiger partial charge in [-0.15, -0.1) is 0 Å². The second kappa shape index (κ2) is 11.8. The minimum absolute atomic E-state index is 0. The molecule has 0 saturated carbocycles. The molecule has 40 heavy (non-hydrogen) atoms. The smallest absolute Gasteiger partial charge is 0.434 e. The van der Waals surface area contributed by atoms with Crippen molar-refractivity contribution >= 4 is 39.9 Å². The quantitative estimate of drug-likeness (QED) is 0.266. The molecule has 7 nitrogen and oxygen atoms in total. The second-order valence-electron chi connectivity index (χ2n) is 10.3. The Hall–Kier alpha value is -2.50. The summed E-state index contributed by atoms with van der Waals surface area (Å²) in [7, 11) is 0. The first kappa shape index (κ1) is 29.0. The van der Waals surface area contributed by atoms with Gasteiger partial charge in [0.1, 0.15) is 24.8 Å². The van der Waals surface area contributed by atoms with Crippen molar-refractivity contribution in [2.24, 2.45) is 5.92 Å². The Morgan fingerprint density at radius 2 is 1.98 bits per heavy atom. The van der Waals surface area contributed by atoms with Gasteiger partial charge in [-0.2, -0.15) is 13.2 Å². The molecule has 1 saturated heterocycles. The molecule has 0 bridgehead atoms. The van der Waals surface area contributed by atoms with Crippen LogP contribution in [0.1, 0.15) is 23.0 Å². The highest BCUT2D eigenvalue weighted by Crippen LogP contribution is 2.36. The fraction of sp³-hybridized carbons (Fsp3) is 0.407. The summed E-state index contributed by atoms with van der Waals surface area (Å²) in [5.74, 6) is 0.811. The van der Waals surface area contributed by atoms with E-state index in [9.17, 15) is 13.2 Å². The van der Waals surface area contributed by atoms with E-state index in [4.69, 9.17) is 23.2 Å². The van der Waals surface area contributed by atoms with Crippen molar-refractivity contribution in [1.82, 2.24) is 24.8 Å². The average molecular weight is 615 g/mol. The maximum absolute atomic E-state index is 13.2. The number of hydrogen-bond acceptors (Lipinski definition) is 4. The maximum Gasteiger partial charge on any atom is 0.434 e. The zero-order chi connectivity index (χ0) is 27.1. The molecule has 5 heterocycles. The average Bonchev–Trinajstić information content (AvgIpc) is 3.47. The first-order valence-electron chi connectivity index (χ1n) is 13.0. The van der Waals surface area contributed by atoms with Gasteiger partial charge in [0.05, 0.1) is 17.6 Å². The number of nitrogens with one attached hydrogen (secondary N) is 3. The Kier molecular flexibility index (Phi) is 8.54. The van der Waals surface area contributed by atoms with Gasteiger partial charge in [0.25, 0.3) is 0 Å². The highest BCUT2D eigenvalue weighted by molar-refractivity contribution is 6.31. The van der Waals surface area contributed by atoms with E-state index in [1.807, 2.05) is 18.2 Å². The van der Waals surface area contributed by atoms with Gasteiger partial charge in [-0.05, 0) is 42.3 Å². The lowest BCUT2D eigenvalue weighted by Crippen LogP contribution is -3.00. The number of rotatable bonds is 8. The molecule has 0 radical (unpaired) electrons. The molecular weight excluding hydrogens is 586 g/mol. The van der Waals surface area contributed by atoms with Crippen LogP contribution in [0.25, 0.3) is 10.9 Å². The molecule has 13 heteroatoms. The first-order chi connectivity index (χ1) is 18.7. The first-order valence-corrected chi connectivity index (χ1v) is 13.8. The number of anilines is 1. The number of alkyl halides is 3. The standard InChI is InChI=1S/C27H29Cl2F3N7.ClH/c28-18-1-3-22-20(11-18)19-5-7-39(8-6-34-24-4-2-21(29)26(36-24)27(30,31)32)23(25(19)35-22)15-38-10-9-37(16-38)14-17-12-33-13-17;/h1-4,9-11,16-17,23,33,35H,5-8,12-15H2,(H,34,36);1H/q+1;/p-1. The SMILES string of the molecule is FC(F)(F)c1nc(NCCN2CCc3c([nH]c4ccc(Cl)cc34)C2C[n+]2ccn(CC3CNC3)c2)ccc1Cl.[Cl-]. The van der Waals surface area contributed by atoms with Crippen LogP contribution in [0, 0.1) is 5.92 Å². The molecule has 0 amide bonds. The van der Waals surface area contributed by atoms with Gasteiger partial charge in [0.15, 0.2) is 5.69 Å². The van der Waals surface area contributed by atoms with Crippen LogP contribution in [0.5, 0.6) is 0 Å². The number of halogens is 6. The Labute approximate surface area is 246 Å². The topological polar surface area (TPSA) is 64.8 Å². The van der Waals surface area contributed by atoms with E-state index in [1.165, 1.54) is 17.7 Å². The molecule has 1 fully saturated rings. The number of H-pyrrole nitrogens is 1. The lowest BCUT2D eigenvalue weighted by atomic mass is 9.97. The van der Waals surface area contributed by atoms with E-state index >= 15 is 0 Å². The lowest BCUT2D eigenvalue weighted by Gasteiger charge is -2.35. The summed E-state index contributed by atoms with van der Waals surface area (Å²) in [6, 6.07) is 8.67. The fourth-order valence-corrected chi connectivity index (χ4v) is 5.94. The second-order valence-corrected chi connectivity index (χ2v) is 11.1. The van der Waals surface area contributed by atoms with E-state index in [0.717, 1.165) is 55.7 Å². The highest BCUT2D eigenvalue weighted by Gasteiger charge is 2.36. The Bertz CT molecular complexity index is 1480. The number of benzene rings is 1. The normalized spacial score (nSPS) is 17.9. The molecule has 0 spiro atoms.